The number of thiophene rings is 1. The number of hydrogen-bond donors (Lipinski definition) is 0. The maximum absolute atomic E-state index is 10.7. The molecule has 2 heteroatoms. The van der Waals surface area contributed by atoms with Crippen molar-refractivity contribution in [3.8, 4) is 0 Å². The summed E-state index contributed by atoms with van der Waals surface area (Å²) in [5.41, 5.74) is 1.24. The highest BCUT2D eigenvalue weighted by Gasteiger charge is 2.02. The first kappa shape index (κ1) is 12.4. The van der Waals surface area contributed by atoms with Gasteiger partial charge in [-0.25, -0.2) is 0 Å². The monoisotopic (exact) mass is 224 g/mol. The molecular weight excluding hydrogens is 204 g/mol. The summed E-state index contributed by atoms with van der Waals surface area (Å²) in [6.45, 7) is 2.24. The Kier molecular flexibility index (Phi) is 6.33. The highest BCUT2D eigenvalue weighted by atomic mass is 32.1. The number of carbonyl (C=O) groups excluding carboxylic acids is 1. The van der Waals surface area contributed by atoms with Crippen LogP contribution in [0.1, 0.15) is 60.7 Å². The number of aryl methyl sites for hydroxylation is 1. The molecule has 1 aromatic rings. The van der Waals surface area contributed by atoms with Crippen molar-refractivity contribution in [3.63, 3.8) is 0 Å². The van der Waals surface area contributed by atoms with Gasteiger partial charge in [0.25, 0.3) is 0 Å². The van der Waals surface area contributed by atoms with Crippen molar-refractivity contribution in [1.82, 2.24) is 0 Å². The standard InChI is InChI=1S/C13H20OS/c1-2-3-4-5-6-7-8-12-9-10-15-13(12)11-14/h9-11H,2-8H2,1H3. The summed E-state index contributed by atoms with van der Waals surface area (Å²) >= 11 is 1.55. The molecule has 84 valence electrons. The van der Waals surface area contributed by atoms with Gasteiger partial charge in [0.15, 0.2) is 6.29 Å². The van der Waals surface area contributed by atoms with E-state index in [1.165, 1.54) is 44.1 Å². The molecule has 0 aliphatic rings. The van der Waals surface area contributed by atoms with E-state index in [9.17, 15) is 4.79 Å². The molecule has 0 atom stereocenters. The average molecular weight is 224 g/mol. The predicted molar refractivity (Wildman–Crippen MR) is 66.8 cm³/mol. The maximum Gasteiger partial charge on any atom is 0.160 e. The van der Waals surface area contributed by atoms with Gasteiger partial charge >= 0.3 is 0 Å². The first-order chi connectivity index (χ1) is 7.38. The van der Waals surface area contributed by atoms with Crippen molar-refractivity contribution in [3.05, 3.63) is 21.9 Å². The lowest BCUT2D eigenvalue weighted by molar-refractivity contribution is 0.112. The molecule has 0 aliphatic heterocycles. The fourth-order valence-electron chi connectivity index (χ4n) is 1.75. The molecular formula is C13H20OS. The van der Waals surface area contributed by atoms with Crippen LogP contribution in [0.15, 0.2) is 11.4 Å². The summed E-state index contributed by atoms with van der Waals surface area (Å²) in [6, 6.07) is 2.08. The molecule has 0 unspecified atom stereocenters. The minimum Gasteiger partial charge on any atom is -0.297 e. The van der Waals surface area contributed by atoms with Crippen LogP contribution < -0.4 is 0 Å². The Balaban J connectivity index is 2.12. The van der Waals surface area contributed by atoms with Gasteiger partial charge in [0, 0.05) is 0 Å². The number of hydrogen-bond acceptors (Lipinski definition) is 2. The van der Waals surface area contributed by atoms with Gasteiger partial charge in [0.2, 0.25) is 0 Å². The minimum absolute atomic E-state index is 0.920. The second kappa shape index (κ2) is 7.63. The van der Waals surface area contributed by atoms with Crippen molar-refractivity contribution in [2.45, 2.75) is 51.9 Å². The third-order valence-corrected chi connectivity index (χ3v) is 3.57. The normalized spacial score (nSPS) is 10.5. The smallest absolute Gasteiger partial charge is 0.160 e. The molecule has 0 N–H and O–H groups in total. The fourth-order valence-corrected chi connectivity index (χ4v) is 2.51. The lowest BCUT2D eigenvalue weighted by Gasteiger charge is -2.00. The molecule has 0 saturated carbocycles. The Labute approximate surface area is 96.5 Å². The van der Waals surface area contributed by atoms with E-state index in [4.69, 9.17) is 0 Å². The SMILES string of the molecule is CCCCCCCCc1ccsc1C=O. The zero-order chi connectivity index (χ0) is 10.9. The third-order valence-electron chi connectivity index (χ3n) is 2.69. The molecule has 1 rings (SSSR count). The molecule has 0 bridgehead atoms. The van der Waals surface area contributed by atoms with Gasteiger partial charge in [0.05, 0.1) is 4.88 Å². The van der Waals surface area contributed by atoms with Gasteiger partial charge in [-0.1, -0.05) is 39.0 Å². The van der Waals surface area contributed by atoms with Crippen LogP contribution in [-0.4, -0.2) is 6.29 Å². The van der Waals surface area contributed by atoms with Gasteiger partial charge in [-0.2, -0.15) is 0 Å². The summed E-state index contributed by atoms with van der Waals surface area (Å²) in [5, 5.41) is 2.01. The van der Waals surface area contributed by atoms with Gasteiger partial charge in [0.1, 0.15) is 0 Å². The first-order valence-electron chi connectivity index (χ1n) is 5.90. The second-order valence-electron chi connectivity index (χ2n) is 3.95. The summed E-state index contributed by atoms with van der Waals surface area (Å²) in [5.74, 6) is 0. The third kappa shape index (κ3) is 4.61. The van der Waals surface area contributed by atoms with Gasteiger partial charge < -0.3 is 0 Å². The van der Waals surface area contributed by atoms with Crippen LogP contribution in [0.4, 0.5) is 0 Å². The van der Waals surface area contributed by atoms with E-state index < -0.39 is 0 Å². The lowest BCUT2D eigenvalue weighted by Crippen LogP contribution is -1.88. The van der Waals surface area contributed by atoms with Crippen LogP contribution in [0.2, 0.25) is 0 Å². The van der Waals surface area contributed by atoms with Crippen molar-refractivity contribution in [2.24, 2.45) is 0 Å². The molecule has 0 spiro atoms. The Morgan fingerprint density at radius 1 is 1.20 bits per heavy atom. The highest BCUT2D eigenvalue weighted by Crippen LogP contribution is 2.17. The zero-order valence-electron chi connectivity index (χ0n) is 9.50. The van der Waals surface area contributed by atoms with Crippen LogP contribution >= 0.6 is 11.3 Å². The number of unbranched alkanes of at least 4 members (excludes halogenated alkanes) is 5. The van der Waals surface area contributed by atoms with E-state index in [0.717, 1.165) is 17.6 Å². The summed E-state index contributed by atoms with van der Waals surface area (Å²) in [4.78, 5) is 11.6. The van der Waals surface area contributed by atoms with Crippen LogP contribution in [0, 0.1) is 0 Å². The van der Waals surface area contributed by atoms with E-state index in [1.807, 2.05) is 5.38 Å². The fraction of sp³-hybridized carbons (Fsp3) is 0.615. The topological polar surface area (TPSA) is 17.1 Å². The zero-order valence-corrected chi connectivity index (χ0v) is 10.3. The Bertz CT molecular complexity index is 278. The summed E-state index contributed by atoms with van der Waals surface area (Å²) in [6.07, 6.45) is 9.95. The molecule has 0 aromatic carbocycles. The Morgan fingerprint density at radius 3 is 2.67 bits per heavy atom. The van der Waals surface area contributed by atoms with E-state index in [0.29, 0.717) is 0 Å². The number of rotatable bonds is 8. The summed E-state index contributed by atoms with van der Waals surface area (Å²) < 4.78 is 0. The first-order valence-corrected chi connectivity index (χ1v) is 6.78. The van der Waals surface area contributed by atoms with Crippen molar-refractivity contribution < 1.29 is 4.79 Å². The molecule has 0 saturated heterocycles. The maximum atomic E-state index is 10.7. The van der Waals surface area contributed by atoms with Gasteiger partial charge in [-0.05, 0) is 29.9 Å². The number of aldehydes is 1. The molecule has 1 aromatic heterocycles. The van der Waals surface area contributed by atoms with Crippen LogP contribution in [0.3, 0.4) is 0 Å². The van der Waals surface area contributed by atoms with Gasteiger partial charge in [-0.3, -0.25) is 4.79 Å². The Hall–Kier alpha value is -0.630. The molecule has 15 heavy (non-hydrogen) atoms. The predicted octanol–water partition coefficient (Wildman–Crippen LogP) is 4.46. The minimum atomic E-state index is 0.920. The van der Waals surface area contributed by atoms with E-state index in [1.54, 1.807) is 11.3 Å². The molecule has 0 amide bonds. The van der Waals surface area contributed by atoms with Crippen molar-refractivity contribution >= 4 is 17.6 Å². The molecule has 1 heterocycles. The molecule has 1 nitrogen and oxygen atoms in total. The van der Waals surface area contributed by atoms with Crippen LogP contribution in [0.5, 0.6) is 0 Å². The lowest BCUT2D eigenvalue weighted by atomic mass is 10.1. The quantitative estimate of drug-likeness (QED) is 0.470. The van der Waals surface area contributed by atoms with Crippen LogP contribution in [-0.2, 0) is 6.42 Å². The van der Waals surface area contributed by atoms with E-state index in [2.05, 4.69) is 13.0 Å². The summed E-state index contributed by atoms with van der Waals surface area (Å²) in [7, 11) is 0. The number of carbonyl (C=O) groups is 1. The van der Waals surface area contributed by atoms with E-state index in [-0.39, 0.29) is 0 Å². The molecule has 0 fully saturated rings. The van der Waals surface area contributed by atoms with E-state index >= 15 is 0 Å². The van der Waals surface area contributed by atoms with Crippen LogP contribution in [0.25, 0.3) is 0 Å². The van der Waals surface area contributed by atoms with Crippen molar-refractivity contribution in [1.29, 1.82) is 0 Å². The Morgan fingerprint density at radius 2 is 1.93 bits per heavy atom. The highest BCUT2D eigenvalue weighted by molar-refractivity contribution is 7.11. The van der Waals surface area contributed by atoms with Gasteiger partial charge in [-0.15, -0.1) is 11.3 Å². The molecule has 0 aliphatic carbocycles. The largest absolute Gasteiger partial charge is 0.297 e. The average Bonchev–Trinajstić information content (AvgIpc) is 2.70. The van der Waals surface area contributed by atoms with Crippen molar-refractivity contribution in [2.75, 3.05) is 0 Å². The molecule has 0 radical (unpaired) electrons. The second-order valence-corrected chi connectivity index (χ2v) is 4.89.